The molecule has 0 unspecified atom stereocenters. The van der Waals surface area contributed by atoms with Gasteiger partial charge in [-0.25, -0.2) is 17.9 Å². The number of hydrogen-bond acceptors (Lipinski definition) is 7. The second kappa shape index (κ2) is 11.3. The summed E-state index contributed by atoms with van der Waals surface area (Å²) in [5.41, 5.74) is 6.27. The van der Waals surface area contributed by atoms with Crippen LogP contribution in [0.3, 0.4) is 0 Å². The molecule has 1 heterocycles. The van der Waals surface area contributed by atoms with E-state index in [1.54, 1.807) is 50.2 Å². The van der Waals surface area contributed by atoms with Gasteiger partial charge in [-0.2, -0.15) is 0 Å². The van der Waals surface area contributed by atoms with Gasteiger partial charge in [0.15, 0.2) is 0 Å². The highest BCUT2D eigenvalue weighted by Gasteiger charge is 2.16. The van der Waals surface area contributed by atoms with E-state index in [1.165, 1.54) is 37.5 Å². The van der Waals surface area contributed by atoms with Crippen LogP contribution in [-0.2, 0) is 10.0 Å². The fourth-order valence-corrected chi connectivity index (χ4v) is 4.21. The molecular weight excluding hydrogens is 472 g/mol. The molecule has 3 amide bonds. The molecule has 184 valence electrons. The lowest BCUT2D eigenvalue weighted by molar-refractivity contribution is 0.0957. The lowest BCUT2D eigenvalue weighted by Crippen LogP contribution is -2.33. The molecule has 5 N–H and O–H groups in total. The molecule has 0 aliphatic carbocycles. The maximum atomic E-state index is 12.3. The molecule has 0 fully saturated rings. The van der Waals surface area contributed by atoms with Crippen molar-refractivity contribution >= 4 is 33.3 Å². The van der Waals surface area contributed by atoms with Crippen molar-refractivity contribution in [2.75, 3.05) is 17.8 Å². The van der Waals surface area contributed by atoms with Gasteiger partial charge in [-0.3, -0.25) is 20.6 Å². The minimum atomic E-state index is -3.69. The Morgan fingerprint density at radius 2 is 1.66 bits per heavy atom. The molecule has 0 spiro atoms. The molecule has 12 heteroatoms. The zero-order valence-corrected chi connectivity index (χ0v) is 20.1. The number of hydrazine groups is 1. The summed E-state index contributed by atoms with van der Waals surface area (Å²) in [6.45, 7) is 3.44. The van der Waals surface area contributed by atoms with Crippen molar-refractivity contribution in [3.05, 3.63) is 72.6 Å². The van der Waals surface area contributed by atoms with Crippen molar-refractivity contribution in [3.8, 4) is 11.5 Å². The van der Waals surface area contributed by atoms with Crippen LogP contribution in [0.5, 0.6) is 11.5 Å². The van der Waals surface area contributed by atoms with Gasteiger partial charge in [-0.15, -0.1) is 0 Å². The number of anilines is 2. The quantitative estimate of drug-likeness (QED) is 0.285. The van der Waals surface area contributed by atoms with Gasteiger partial charge in [-0.1, -0.05) is 12.1 Å². The van der Waals surface area contributed by atoms with Crippen LogP contribution >= 0.6 is 0 Å². The van der Waals surface area contributed by atoms with E-state index >= 15 is 0 Å². The van der Waals surface area contributed by atoms with Crippen molar-refractivity contribution < 1.29 is 22.7 Å². The molecule has 0 bridgehead atoms. The number of nitrogens with one attached hydrogen (secondary N) is 5. The third-order valence-corrected chi connectivity index (χ3v) is 6.03. The monoisotopic (exact) mass is 498 g/mol. The summed E-state index contributed by atoms with van der Waals surface area (Å²) in [6, 6.07) is 14.9. The summed E-state index contributed by atoms with van der Waals surface area (Å²) < 4.78 is 32.9. The van der Waals surface area contributed by atoms with Crippen molar-refractivity contribution in [2.45, 2.75) is 24.8 Å². The molecular formula is C23H26N6O5S. The Bertz CT molecular complexity index is 1310. The predicted molar refractivity (Wildman–Crippen MR) is 132 cm³/mol. The van der Waals surface area contributed by atoms with E-state index in [-0.39, 0.29) is 22.5 Å². The summed E-state index contributed by atoms with van der Waals surface area (Å²) in [7, 11) is -2.18. The number of carbonyl (C=O) groups is 2. The first-order chi connectivity index (χ1) is 16.7. The molecule has 1 aromatic heterocycles. The number of nitrogens with zero attached hydrogens (tertiary/aromatic N) is 1. The van der Waals surface area contributed by atoms with E-state index < -0.39 is 16.1 Å². The molecule has 0 atom stereocenters. The van der Waals surface area contributed by atoms with Gasteiger partial charge in [0.25, 0.3) is 5.91 Å². The van der Waals surface area contributed by atoms with E-state index in [1.807, 2.05) is 0 Å². The Kier molecular flexibility index (Phi) is 8.23. The standard InChI is InChI=1S/C23H26N6O5S/c1-15(2)29-35(32,33)20-9-5-6-16(13-20)26-23(31)28-27-17-7-4-8-18(12-17)34-19-10-11-25-21(14-19)22(30)24-3/h4-15,27,29H,1-3H3,(H,24,30)(H2,26,28,31). The Morgan fingerprint density at radius 3 is 2.40 bits per heavy atom. The zero-order chi connectivity index (χ0) is 25.4. The van der Waals surface area contributed by atoms with E-state index in [2.05, 4.69) is 31.2 Å². The minimum absolute atomic E-state index is 0.0393. The number of carbonyl (C=O) groups excluding carboxylic acids is 2. The van der Waals surface area contributed by atoms with Crippen LogP contribution in [0.4, 0.5) is 16.2 Å². The molecule has 0 radical (unpaired) electrons. The van der Waals surface area contributed by atoms with Crippen molar-refractivity contribution in [2.24, 2.45) is 0 Å². The molecule has 0 aliphatic rings. The third kappa shape index (κ3) is 7.42. The number of aromatic nitrogens is 1. The maximum Gasteiger partial charge on any atom is 0.337 e. The number of sulfonamides is 1. The summed E-state index contributed by atoms with van der Waals surface area (Å²) in [4.78, 5) is 28.1. The SMILES string of the molecule is CNC(=O)c1cc(Oc2cccc(NNC(=O)Nc3cccc(S(=O)(=O)NC(C)C)c3)c2)ccn1. The number of hydrogen-bond donors (Lipinski definition) is 5. The summed E-state index contributed by atoms with van der Waals surface area (Å²) >= 11 is 0. The second-order valence-electron chi connectivity index (χ2n) is 7.59. The highest BCUT2D eigenvalue weighted by molar-refractivity contribution is 7.89. The highest BCUT2D eigenvalue weighted by Crippen LogP contribution is 2.24. The molecule has 0 saturated heterocycles. The lowest BCUT2D eigenvalue weighted by Gasteiger charge is -2.13. The van der Waals surface area contributed by atoms with Crippen LogP contribution in [0.1, 0.15) is 24.3 Å². The van der Waals surface area contributed by atoms with Gasteiger partial charge < -0.3 is 15.4 Å². The molecule has 11 nitrogen and oxygen atoms in total. The fraction of sp³-hybridized carbons (Fsp3) is 0.174. The topological polar surface area (TPSA) is 151 Å². The number of rotatable bonds is 9. The zero-order valence-electron chi connectivity index (χ0n) is 19.3. The Labute approximate surface area is 203 Å². The van der Waals surface area contributed by atoms with E-state index in [0.717, 1.165) is 0 Å². The highest BCUT2D eigenvalue weighted by atomic mass is 32.2. The molecule has 2 aromatic carbocycles. The fourth-order valence-electron chi connectivity index (χ4n) is 2.91. The molecule has 0 aliphatic heterocycles. The smallest absolute Gasteiger partial charge is 0.337 e. The normalized spacial score (nSPS) is 11.0. The van der Waals surface area contributed by atoms with Gasteiger partial charge in [0.1, 0.15) is 17.2 Å². The van der Waals surface area contributed by atoms with Gasteiger partial charge in [0, 0.05) is 37.1 Å². The van der Waals surface area contributed by atoms with Crippen molar-refractivity contribution in [3.63, 3.8) is 0 Å². The van der Waals surface area contributed by atoms with E-state index in [9.17, 15) is 18.0 Å². The number of urea groups is 1. The molecule has 3 aromatic rings. The minimum Gasteiger partial charge on any atom is -0.457 e. The summed E-state index contributed by atoms with van der Waals surface area (Å²) in [5.74, 6) is 0.547. The van der Waals surface area contributed by atoms with E-state index in [0.29, 0.717) is 22.9 Å². The number of pyridine rings is 1. The maximum absolute atomic E-state index is 12.3. The van der Waals surface area contributed by atoms with E-state index in [4.69, 9.17) is 4.74 Å². The lowest BCUT2D eigenvalue weighted by atomic mass is 10.3. The van der Waals surface area contributed by atoms with Crippen LogP contribution in [0.15, 0.2) is 71.8 Å². The van der Waals surface area contributed by atoms with Crippen molar-refractivity contribution in [1.29, 1.82) is 0 Å². The van der Waals surface area contributed by atoms with Crippen LogP contribution < -0.4 is 30.9 Å². The third-order valence-electron chi connectivity index (χ3n) is 4.37. The van der Waals surface area contributed by atoms with Gasteiger partial charge in [0.05, 0.1) is 10.6 Å². The number of benzene rings is 2. The second-order valence-corrected chi connectivity index (χ2v) is 9.31. The van der Waals surface area contributed by atoms with Crippen molar-refractivity contribution in [1.82, 2.24) is 20.4 Å². The summed E-state index contributed by atoms with van der Waals surface area (Å²) in [6.07, 6.45) is 1.47. The van der Waals surface area contributed by atoms with Crippen LogP contribution in [-0.4, -0.2) is 38.4 Å². The molecule has 0 saturated carbocycles. The number of amides is 3. The van der Waals surface area contributed by atoms with Crippen LogP contribution in [0.25, 0.3) is 0 Å². The average Bonchev–Trinajstić information content (AvgIpc) is 2.82. The molecule has 3 rings (SSSR count). The Hall–Kier alpha value is -4.16. The van der Waals surface area contributed by atoms with Gasteiger partial charge >= 0.3 is 6.03 Å². The number of ether oxygens (including phenoxy) is 1. The summed E-state index contributed by atoms with van der Waals surface area (Å²) in [5, 5.41) is 5.07. The first-order valence-corrected chi connectivity index (χ1v) is 12.1. The first kappa shape index (κ1) is 25.5. The predicted octanol–water partition coefficient (Wildman–Crippen LogP) is 3.07. The van der Waals surface area contributed by atoms with Gasteiger partial charge in [0.2, 0.25) is 10.0 Å². The average molecular weight is 499 g/mol. The Morgan fingerprint density at radius 1 is 0.943 bits per heavy atom. The largest absolute Gasteiger partial charge is 0.457 e. The first-order valence-electron chi connectivity index (χ1n) is 10.6. The van der Waals surface area contributed by atoms with Crippen LogP contribution in [0, 0.1) is 0 Å². The van der Waals surface area contributed by atoms with Crippen LogP contribution in [0.2, 0.25) is 0 Å². The molecule has 35 heavy (non-hydrogen) atoms. The van der Waals surface area contributed by atoms with Gasteiger partial charge in [-0.05, 0) is 50.2 Å². The Balaban J connectivity index is 1.60.